The zero-order valence-electron chi connectivity index (χ0n) is 10.4. The molecule has 1 aliphatic rings. The molecule has 0 fully saturated rings. The third-order valence-electron chi connectivity index (χ3n) is 2.78. The van der Waals surface area contributed by atoms with Crippen molar-refractivity contribution in [3.05, 3.63) is 70.1 Å². The minimum Gasteiger partial charge on any atom is -0.305 e. The number of pyridine rings is 1. The molecule has 0 saturated heterocycles. The molecule has 0 atom stereocenters. The van der Waals surface area contributed by atoms with Gasteiger partial charge in [0, 0.05) is 22.4 Å². The van der Waals surface area contributed by atoms with E-state index in [-0.39, 0.29) is 5.91 Å². The monoisotopic (exact) mass is 327 g/mol. The van der Waals surface area contributed by atoms with Gasteiger partial charge in [-0.25, -0.2) is 4.99 Å². The Morgan fingerprint density at radius 2 is 2.10 bits per heavy atom. The predicted molar refractivity (Wildman–Crippen MR) is 81.0 cm³/mol. The van der Waals surface area contributed by atoms with Crippen LogP contribution in [0.25, 0.3) is 6.08 Å². The van der Waals surface area contributed by atoms with Gasteiger partial charge < -0.3 is 5.32 Å². The first kappa shape index (κ1) is 12.7. The van der Waals surface area contributed by atoms with E-state index in [1.165, 1.54) is 0 Å². The molecule has 0 spiro atoms. The number of hydrogen-bond donors (Lipinski definition) is 1. The van der Waals surface area contributed by atoms with Crippen LogP contribution in [0.1, 0.15) is 11.1 Å². The lowest BCUT2D eigenvalue weighted by Crippen LogP contribution is -2.24. The average molecular weight is 328 g/mol. The van der Waals surface area contributed by atoms with Crippen LogP contribution in [0, 0.1) is 0 Å². The van der Waals surface area contributed by atoms with E-state index >= 15 is 0 Å². The first-order valence-corrected chi connectivity index (χ1v) is 6.79. The summed E-state index contributed by atoms with van der Waals surface area (Å²) in [5.74, 6) is 0.327. The second-order valence-corrected chi connectivity index (χ2v) is 5.16. The van der Waals surface area contributed by atoms with Gasteiger partial charge in [0.1, 0.15) is 11.5 Å². The maximum atomic E-state index is 11.9. The first-order chi connectivity index (χ1) is 9.72. The van der Waals surface area contributed by atoms with Crippen LogP contribution in [-0.4, -0.2) is 16.7 Å². The number of aromatic nitrogens is 1. The Labute approximate surface area is 124 Å². The lowest BCUT2D eigenvalue weighted by Gasteiger charge is -1.97. The Bertz CT molecular complexity index is 723. The van der Waals surface area contributed by atoms with Crippen LogP contribution in [0.2, 0.25) is 0 Å². The van der Waals surface area contributed by atoms with Crippen molar-refractivity contribution < 1.29 is 4.79 Å². The van der Waals surface area contributed by atoms with Crippen molar-refractivity contribution >= 4 is 33.7 Å². The Balaban J connectivity index is 1.95. The highest BCUT2D eigenvalue weighted by atomic mass is 79.9. The SMILES string of the molecule is O=C1NC(c2cccnc2)=N/C1=C/c1cccc(Br)c1. The molecule has 0 aliphatic carbocycles. The number of amides is 1. The Morgan fingerprint density at radius 1 is 1.20 bits per heavy atom. The maximum Gasteiger partial charge on any atom is 0.275 e. The first-order valence-electron chi connectivity index (χ1n) is 6.00. The van der Waals surface area contributed by atoms with Crippen LogP contribution >= 0.6 is 15.9 Å². The third kappa shape index (κ3) is 2.67. The van der Waals surface area contributed by atoms with Gasteiger partial charge in [-0.2, -0.15) is 0 Å². The molecule has 98 valence electrons. The number of carbonyl (C=O) groups excluding carboxylic acids is 1. The molecule has 1 N–H and O–H groups in total. The molecule has 1 aromatic carbocycles. The zero-order chi connectivity index (χ0) is 13.9. The van der Waals surface area contributed by atoms with Gasteiger partial charge in [0.25, 0.3) is 5.91 Å². The lowest BCUT2D eigenvalue weighted by atomic mass is 10.2. The summed E-state index contributed by atoms with van der Waals surface area (Å²) in [6.07, 6.45) is 5.10. The van der Waals surface area contributed by atoms with Gasteiger partial charge in [0.05, 0.1) is 0 Å². The quantitative estimate of drug-likeness (QED) is 0.862. The molecule has 0 unspecified atom stereocenters. The number of halogens is 1. The summed E-state index contributed by atoms with van der Waals surface area (Å²) < 4.78 is 0.960. The number of rotatable bonds is 2. The van der Waals surface area contributed by atoms with Crippen molar-refractivity contribution in [3.63, 3.8) is 0 Å². The fourth-order valence-electron chi connectivity index (χ4n) is 1.86. The molecule has 3 rings (SSSR count). The molecule has 1 amide bonds. The molecular formula is C15H10BrN3O. The second kappa shape index (κ2) is 5.38. The summed E-state index contributed by atoms with van der Waals surface area (Å²) in [4.78, 5) is 20.3. The third-order valence-corrected chi connectivity index (χ3v) is 3.28. The average Bonchev–Trinajstić information content (AvgIpc) is 2.81. The number of carbonyl (C=O) groups is 1. The van der Waals surface area contributed by atoms with Gasteiger partial charge >= 0.3 is 0 Å². The van der Waals surface area contributed by atoms with Crippen LogP contribution in [0.4, 0.5) is 0 Å². The number of aliphatic imine (C=N–C) groups is 1. The highest BCUT2D eigenvalue weighted by Gasteiger charge is 2.20. The minimum atomic E-state index is -0.205. The van der Waals surface area contributed by atoms with Crippen molar-refractivity contribution in [2.45, 2.75) is 0 Å². The molecule has 2 heterocycles. The molecule has 1 aliphatic heterocycles. The van der Waals surface area contributed by atoms with Crippen LogP contribution in [0.5, 0.6) is 0 Å². The molecule has 20 heavy (non-hydrogen) atoms. The molecular weight excluding hydrogens is 318 g/mol. The molecule has 2 aromatic rings. The van der Waals surface area contributed by atoms with Gasteiger partial charge in [-0.15, -0.1) is 0 Å². The molecule has 0 saturated carbocycles. The number of nitrogens with one attached hydrogen (secondary N) is 1. The maximum absolute atomic E-state index is 11.9. The summed E-state index contributed by atoms with van der Waals surface area (Å²) >= 11 is 3.40. The van der Waals surface area contributed by atoms with E-state index in [1.54, 1.807) is 24.5 Å². The molecule has 4 nitrogen and oxygen atoms in total. The summed E-state index contributed by atoms with van der Waals surface area (Å²) in [5, 5.41) is 2.75. The van der Waals surface area contributed by atoms with Gasteiger partial charge in [0.15, 0.2) is 0 Å². The van der Waals surface area contributed by atoms with E-state index in [0.29, 0.717) is 11.5 Å². The van der Waals surface area contributed by atoms with E-state index in [4.69, 9.17) is 0 Å². The van der Waals surface area contributed by atoms with Crippen LogP contribution in [0.3, 0.4) is 0 Å². The topological polar surface area (TPSA) is 54.4 Å². The summed E-state index contributed by atoms with van der Waals surface area (Å²) in [5.41, 5.74) is 2.10. The standard InChI is InChI=1S/C15H10BrN3O/c16-12-5-1-3-10(7-12)8-13-15(20)19-14(18-13)11-4-2-6-17-9-11/h1-9H,(H,18,19,20)/b13-8+. The van der Waals surface area contributed by atoms with Crippen molar-refractivity contribution in [1.29, 1.82) is 0 Å². The molecule has 5 heteroatoms. The summed E-state index contributed by atoms with van der Waals surface area (Å²) in [6.45, 7) is 0. The summed E-state index contributed by atoms with van der Waals surface area (Å²) in [6, 6.07) is 11.4. The van der Waals surface area contributed by atoms with Crippen molar-refractivity contribution in [2.24, 2.45) is 4.99 Å². The van der Waals surface area contributed by atoms with E-state index < -0.39 is 0 Å². The second-order valence-electron chi connectivity index (χ2n) is 4.24. The van der Waals surface area contributed by atoms with Crippen molar-refractivity contribution in [2.75, 3.05) is 0 Å². The fraction of sp³-hybridized carbons (Fsp3) is 0. The lowest BCUT2D eigenvalue weighted by molar-refractivity contribution is -0.115. The van der Waals surface area contributed by atoms with Gasteiger partial charge in [-0.3, -0.25) is 9.78 Å². The smallest absolute Gasteiger partial charge is 0.275 e. The molecule has 1 aromatic heterocycles. The largest absolute Gasteiger partial charge is 0.305 e. The molecule has 0 bridgehead atoms. The molecule has 0 radical (unpaired) electrons. The predicted octanol–water partition coefficient (Wildman–Crippen LogP) is 2.76. The Hall–Kier alpha value is -2.27. The van der Waals surface area contributed by atoms with Crippen LogP contribution < -0.4 is 5.32 Å². The van der Waals surface area contributed by atoms with E-state index in [2.05, 4.69) is 31.2 Å². The van der Waals surface area contributed by atoms with Crippen LogP contribution in [0.15, 0.2) is 64.0 Å². The van der Waals surface area contributed by atoms with Crippen LogP contribution in [-0.2, 0) is 4.79 Å². The number of hydrogen-bond acceptors (Lipinski definition) is 3. The van der Waals surface area contributed by atoms with Crippen molar-refractivity contribution in [3.8, 4) is 0 Å². The normalized spacial score (nSPS) is 16.1. The Kier molecular flexibility index (Phi) is 3.43. The zero-order valence-corrected chi connectivity index (χ0v) is 12.0. The van der Waals surface area contributed by atoms with Gasteiger partial charge in [-0.05, 0) is 35.9 Å². The van der Waals surface area contributed by atoms with E-state index in [1.807, 2.05) is 30.3 Å². The highest BCUT2D eigenvalue weighted by Crippen LogP contribution is 2.17. The van der Waals surface area contributed by atoms with Gasteiger partial charge in [-0.1, -0.05) is 28.1 Å². The highest BCUT2D eigenvalue weighted by molar-refractivity contribution is 9.10. The fourth-order valence-corrected chi connectivity index (χ4v) is 2.28. The number of nitrogens with zero attached hydrogens (tertiary/aromatic N) is 2. The van der Waals surface area contributed by atoms with E-state index in [9.17, 15) is 4.79 Å². The number of benzene rings is 1. The summed E-state index contributed by atoms with van der Waals surface area (Å²) in [7, 11) is 0. The van der Waals surface area contributed by atoms with Gasteiger partial charge in [0.2, 0.25) is 0 Å². The Morgan fingerprint density at radius 3 is 2.85 bits per heavy atom. The van der Waals surface area contributed by atoms with E-state index in [0.717, 1.165) is 15.6 Å². The minimum absolute atomic E-state index is 0.205. The number of amidine groups is 1. The van der Waals surface area contributed by atoms with Crippen molar-refractivity contribution in [1.82, 2.24) is 10.3 Å².